The van der Waals surface area contributed by atoms with E-state index in [1.807, 2.05) is 0 Å². The largest absolute Gasteiger partial charge is 0.479 e. The Morgan fingerprint density at radius 2 is 1.67 bits per heavy atom. The van der Waals surface area contributed by atoms with Gasteiger partial charge in [-0.05, 0) is 53.7 Å². The average molecular weight is 332 g/mol. The van der Waals surface area contributed by atoms with Crippen LogP contribution in [0.2, 0.25) is 0 Å². The third kappa shape index (κ3) is 3.32. The molecule has 1 aromatic heterocycles. The van der Waals surface area contributed by atoms with Crippen molar-refractivity contribution in [2.24, 2.45) is 5.41 Å². The summed E-state index contributed by atoms with van der Waals surface area (Å²) in [4.78, 5) is 9.65. The number of hydrogen-bond acceptors (Lipinski definition) is 5. The lowest BCUT2D eigenvalue weighted by atomic mass is 9.71. The van der Waals surface area contributed by atoms with Crippen molar-refractivity contribution in [2.75, 3.05) is 43.5 Å². The van der Waals surface area contributed by atoms with Gasteiger partial charge in [-0.25, -0.2) is 0 Å². The Hall–Kier alpha value is -1.49. The van der Waals surface area contributed by atoms with Gasteiger partial charge in [0.05, 0.1) is 12.8 Å². The van der Waals surface area contributed by atoms with Gasteiger partial charge in [0.1, 0.15) is 5.82 Å². The summed E-state index contributed by atoms with van der Waals surface area (Å²) < 4.78 is 5.50. The van der Waals surface area contributed by atoms with Gasteiger partial charge in [-0.2, -0.15) is 4.98 Å². The minimum Gasteiger partial charge on any atom is -0.479 e. The molecule has 0 radical (unpaired) electrons. The summed E-state index contributed by atoms with van der Waals surface area (Å²) in [5.41, 5.74) is 1.70. The van der Waals surface area contributed by atoms with Crippen LogP contribution in [-0.2, 0) is 0 Å². The van der Waals surface area contributed by atoms with E-state index in [2.05, 4.69) is 68.8 Å². The van der Waals surface area contributed by atoms with Gasteiger partial charge in [0, 0.05) is 42.7 Å². The van der Waals surface area contributed by atoms with Gasteiger partial charge in [-0.15, -0.1) is 0 Å². The second kappa shape index (κ2) is 5.51. The van der Waals surface area contributed by atoms with Gasteiger partial charge in [0.2, 0.25) is 5.88 Å². The molecule has 5 heteroatoms. The van der Waals surface area contributed by atoms with Crippen molar-refractivity contribution in [3.05, 3.63) is 12.1 Å². The molecule has 1 aromatic rings. The van der Waals surface area contributed by atoms with Crippen LogP contribution in [0, 0.1) is 5.41 Å². The third-order valence-electron chi connectivity index (χ3n) is 4.93. The van der Waals surface area contributed by atoms with Crippen molar-refractivity contribution in [3.8, 4) is 5.88 Å². The zero-order valence-electron chi connectivity index (χ0n) is 16.2. The Balaban J connectivity index is 1.64. The second-order valence-electron chi connectivity index (χ2n) is 9.48. The van der Waals surface area contributed by atoms with E-state index < -0.39 is 0 Å². The molecule has 0 unspecified atom stereocenters. The van der Waals surface area contributed by atoms with Gasteiger partial charge in [-0.1, -0.05) is 0 Å². The molecular formula is C19H32N4O. The summed E-state index contributed by atoms with van der Waals surface area (Å²) in [5.74, 6) is 1.69. The SMILES string of the molecule is COc1nc(N2CC3(C2)CN(C(C)(C)C)C3)ccc1NC(C)(C)C. The molecule has 2 saturated heterocycles. The summed E-state index contributed by atoms with van der Waals surface area (Å²) >= 11 is 0. The van der Waals surface area contributed by atoms with Crippen molar-refractivity contribution in [1.29, 1.82) is 0 Å². The molecule has 24 heavy (non-hydrogen) atoms. The van der Waals surface area contributed by atoms with Gasteiger partial charge in [0.15, 0.2) is 0 Å². The van der Waals surface area contributed by atoms with E-state index in [9.17, 15) is 0 Å². The maximum atomic E-state index is 5.50. The van der Waals surface area contributed by atoms with E-state index in [1.54, 1.807) is 7.11 Å². The lowest BCUT2D eigenvalue weighted by Crippen LogP contribution is -2.75. The number of hydrogen-bond donors (Lipinski definition) is 1. The topological polar surface area (TPSA) is 40.6 Å². The quantitative estimate of drug-likeness (QED) is 0.920. The molecule has 0 aliphatic carbocycles. The van der Waals surface area contributed by atoms with E-state index in [0.29, 0.717) is 11.3 Å². The monoisotopic (exact) mass is 332 g/mol. The molecule has 1 spiro atoms. The predicted molar refractivity (Wildman–Crippen MR) is 100 cm³/mol. The second-order valence-corrected chi connectivity index (χ2v) is 9.48. The van der Waals surface area contributed by atoms with E-state index in [4.69, 9.17) is 9.72 Å². The summed E-state index contributed by atoms with van der Waals surface area (Å²) in [6.45, 7) is 17.9. The molecule has 5 nitrogen and oxygen atoms in total. The van der Waals surface area contributed by atoms with E-state index in [-0.39, 0.29) is 11.1 Å². The van der Waals surface area contributed by atoms with Gasteiger partial charge < -0.3 is 15.0 Å². The summed E-state index contributed by atoms with van der Waals surface area (Å²) in [6.07, 6.45) is 0. The van der Waals surface area contributed by atoms with Gasteiger partial charge in [-0.3, -0.25) is 4.90 Å². The molecule has 0 amide bonds. The van der Waals surface area contributed by atoms with Gasteiger partial charge in [0.25, 0.3) is 0 Å². The number of pyridine rings is 1. The highest BCUT2D eigenvalue weighted by Gasteiger charge is 2.54. The molecule has 0 atom stereocenters. The fourth-order valence-corrected chi connectivity index (χ4v) is 3.62. The first-order valence-corrected chi connectivity index (χ1v) is 8.85. The maximum absolute atomic E-state index is 5.50. The van der Waals surface area contributed by atoms with Crippen LogP contribution in [0.15, 0.2) is 12.1 Å². The number of ether oxygens (including phenoxy) is 1. The molecule has 2 aliphatic heterocycles. The fourth-order valence-electron chi connectivity index (χ4n) is 3.62. The first-order valence-electron chi connectivity index (χ1n) is 8.85. The highest BCUT2D eigenvalue weighted by Crippen LogP contribution is 2.44. The van der Waals surface area contributed by atoms with Crippen LogP contribution in [0.3, 0.4) is 0 Å². The minimum absolute atomic E-state index is 0.0143. The van der Waals surface area contributed by atoms with Crippen LogP contribution in [0.1, 0.15) is 41.5 Å². The number of methoxy groups -OCH3 is 1. The molecular weight excluding hydrogens is 300 g/mol. The van der Waals surface area contributed by atoms with Crippen LogP contribution >= 0.6 is 0 Å². The van der Waals surface area contributed by atoms with Gasteiger partial charge >= 0.3 is 0 Å². The number of rotatable bonds is 3. The fraction of sp³-hybridized carbons (Fsp3) is 0.737. The van der Waals surface area contributed by atoms with E-state index in [0.717, 1.165) is 24.6 Å². The van der Waals surface area contributed by atoms with Crippen molar-refractivity contribution in [1.82, 2.24) is 9.88 Å². The Bertz CT molecular complexity index is 601. The lowest BCUT2D eigenvalue weighted by Gasteiger charge is -2.63. The third-order valence-corrected chi connectivity index (χ3v) is 4.93. The standard InChI is InChI=1S/C19H32N4O/c1-17(2,3)21-14-8-9-15(20-16(14)24-7)22-10-19(11-22)12-23(13-19)18(4,5)6/h8-9,21H,10-13H2,1-7H3. The number of anilines is 2. The molecule has 0 aromatic carbocycles. The van der Waals surface area contributed by atoms with Crippen molar-refractivity contribution >= 4 is 11.5 Å². The molecule has 3 rings (SSSR count). The van der Waals surface area contributed by atoms with Crippen LogP contribution in [0.4, 0.5) is 11.5 Å². The first kappa shape index (κ1) is 17.3. The summed E-state index contributed by atoms with van der Waals surface area (Å²) in [6, 6.07) is 4.18. The van der Waals surface area contributed by atoms with Crippen molar-refractivity contribution < 1.29 is 4.74 Å². The molecule has 2 aliphatic rings. The van der Waals surface area contributed by atoms with Crippen LogP contribution < -0.4 is 15.0 Å². The van der Waals surface area contributed by atoms with Crippen LogP contribution in [0.5, 0.6) is 5.88 Å². The normalized spacial score (nSPS) is 20.5. The summed E-state index contributed by atoms with van der Waals surface area (Å²) in [7, 11) is 1.69. The molecule has 1 N–H and O–H groups in total. The molecule has 3 heterocycles. The van der Waals surface area contributed by atoms with Crippen molar-refractivity contribution in [2.45, 2.75) is 52.6 Å². The summed E-state index contributed by atoms with van der Waals surface area (Å²) in [5, 5.41) is 3.45. The van der Waals surface area contributed by atoms with E-state index in [1.165, 1.54) is 13.1 Å². The average Bonchev–Trinajstić information content (AvgIpc) is 2.33. The van der Waals surface area contributed by atoms with Crippen molar-refractivity contribution in [3.63, 3.8) is 0 Å². The number of aromatic nitrogens is 1. The molecule has 134 valence electrons. The van der Waals surface area contributed by atoms with Crippen LogP contribution in [-0.4, -0.2) is 54.3 Å². The Morgan fingerprint density at radius 3 is 2.17 bits per heavy atom. The van der Waals surface area contributed by atoms with Crippen LogP contribution in [0.25, 0.3) is 0 Å². The minimum atomic E-state index is -0.0143. The zero-order chi connectivity index (χ0) is 17.8. The first-order chi connectivity index (χ1) is 11.0. The number of nitrogens with one attached hydrogen (secondary N) is 1. The molecule has 0 saturated carbocycles. The number of likely N-dealkylation sites (tertiary alicyclic amines) is 1. The highest BCUT2D eigenvalue weighted by atomic mass is 16.5. The Kier molecular flexibility index (Phi) is 3.98. The Morgan fingerprint density at radius 1 is 1.04 bits per heavy atom. The maximum Gasteiger partial charge on any atom is 0.239 e. The smallest absolute Gasteiger partial charge is 0.239 e. The lowest BCUT2D eigenvalue weighted by molar-refractivity contribution is -0.0745. The predicted octanol–water partition coefficient (Wildman–Crippen LogP) is 3.22. The Labute approximate surface area is 146 Å². The molecule has 0 bridgehead atoms. The molecule has 2 fully saturated rings. The number of nitrogens with zero attached hydrogens (tertiary/aromatic N) is 3. The van der Waals surface area contributed by atoms with E-state index >= 15 is 0 Å². The highest BCUT2D eigenvalue weighted by molar-refractivity contribution is 5.59. The zero-order valence-corrected chi connectivity index (χ0v) is 16.2.